The Hall–Kier alpha value is -0.770. The van der Waals surface area contributed by atoms with Gasteiger partial charge < -0.3 is 16.0 Å². The van der Waals surface area contributed by atoms with Crippen molar-refractivity contribution in [1.29, 1.82) is 0 Å². The van der Waals surface area contributed by atoms with Crippen molar-refractivity contribution >= 4 is 6.03 Å². The molecule has 1 aliphatic rings. The van der Waals surface area contributed by atoms with Gasteiger partial charge in [-0.05, 0) is 25.3 Å². The summed E-state index contributed by atoms with van der Waals surface area (Å²) in [6.07, 6.45) is 2.02. The molecule has 0 aromatic heterocycles. The van der Waals surface area contributed by atoms with E-state index in [-0.39, 0.29) is 6.03 Å². The van der Waals surface area contributed by atoms with Gasteiger partial charge in [0.2, 0.25) is 0 Å². The summed E-state index contributed by atoms with van der Waals surface area (Å²) in [5, 5.41) is 2.88. The molecule has 4 heteroatoms. The van der Waals surface area contributed by atoms with Crippen molar-refractivity contribution in [3.05, 3.63) is 0 Å². The van der Waals surface area contributed by atoms with Crippen LogP contribution in [-0.4, -0.2) is 37.1 Å². The fraction of sp³-hybridized carbons (Fsp3) is 0.889. The Labute approximate surface area is 79.5 Å². The molecule has 1 saturated heterocycles. The highest BCUT2D eigenvalue weighted by atomic mass is 16.2. The molecule has 4 nitrogen and oxygen atoms in total. The molecule has 1 rings (SSSR count). The van der Waals surface area contributed by atoms with E-state index in [1.54, 1.807) is 0 Å². The summed E-state index contributed by atoms with van der Waals surface area (Å²) in [4.78, 5) is 13.2. The number of hydrogen-bond donors (Lipinski definition) is 2. The van der Waals surface area contributed by atoms with Gasteiger partial charge in [0.15, 0.2) is 0 Å². The van der Waals surface area contributed by atoms with Crippen molar-refractivity contribution in [3.8, 4) is 0 Å². The Balaban J connectivity index is 2.38. The predicted molar refractivity (Wildman–Crippen MR) is 52.4 cm³/mol. The SMILES string of the molecule is CCCN1CC(CCN)CNC1=O. The second-order valence-corrected chi connectivity index (χ2v) is 3.58. The zero-order valence-electron chi connectivity index (χ0n) is 8.25. The first-order valence-corrected chi connectivity index (χ1v) is 5.00. The van der Waals surface area contributed by atoms with Gasteiger partial charge in [-0.2, -0.15) is 0 Å². The fourth-order valence-corrected chi connectivity index (χ4v) is 1.69. The summed E-state index contributed by atoms with van der Waals surface area (Å²) in [5.41, 5.74) is 5.48. The number of nitrogens with one attached hydrogen (secondary N) is 1. The van der Waals surface area contributed by atoms with Gasteiger partial charge in [-0.15, -0.1) is 0 Å². The minimum Gasteiger partial charge on any atom is -0.338 e. The summed E-state index contributed by atoms with van der Waals surface area (Å²) in [5.74, 6) is 0.536. The molecule has 13 heavy (non-hydrogen) atoms. The van der Waals surface area contributed by atoms with Crippen molar-refractivity contribution in [1.82, 2.24) is 10.2 Å². The third-order valence-electron chi connectivity index (χ3n) is 2.38. The predicted octanol–water partition coefficient (Wildman–Crippen LogP) is 0.387. The van der Waals surface area contributed by atoms with E-state index in [1.165, 1.54) is 0 Å². The topological polar surface area (TPSA) is 58.4 Å². The molecule has 0 radical (unpaired) electrons. The van der Waals surface area contributed by atoms with E-state index in [0.29, 0.717) is 12.5 Å². The first-order chi connectivity index (χ1) is 6.27. The van der Waals surface area contributed by atoms with Crippen LogP contribution in [-0.2, 0) is 0 Å². The summed E-state index contributed by atoms with van der Waals surface area (Å²) < 4.78 is 0. The fourth-order valence-electron chi connectivity index (χ4n) is 1.69. The van der Waals surface area contributed by atoms with Crippen LogP contribution in [0.5, 0.6) is 0 Å². The molecule has 0 saturated carbocycles. The highest BCUT2D eigenvalue weighted by Gasteiger charge is 2.23. The third-order valence-corrected chi connectivity index (χ3v) is 2.38. The van der Waals surface area contributed by atoms with Crippen molar-refractivity contribution in [2.75, 3.05) is 26.2 Å². The van der Waals surface area contributed by atoms with Gasteiger partial charge in [0, 0.05) is 19.6 Å². The number of rotatable bonds is 4. The number of nitrogens with two attached hydrogens (primary N) is 1. The third kappa shape index (κ3) is 2.88. The molecule has 0 bridgehead atoms. The minimum absolute atomic E-state index is 0.0788. The monoisotopic (exact) mass is 185 g/mol. The van der Waals surface area contributed by atoms with E-state index in [4.69, 9.17) is 5.73 Å². The molecule has 0 aromatic rings. The maximum atomic E-state index is 11.3. The average Bonchev–Trinajstić information content (AvgIpc) is 2.12. The second kappa shape index (κ2) is 5.07. The van der Waals surface area contributed by atoms with Crippen LogP contribution in [0.25, 0.3) is 0 Å². The van der Waals surface area contributed by atoms with Crippen LogP contribution in [0.1, 0.15) is 19.8 Å². The second-order valence-electron chi connectivity index (χ2n) is 3.58. The van der Waals surface area contributed by atoms with Gasteiger partial charge >= 0.3 is 6.03 Å². The minimum atomic E-state index is 0.0788. The van der Waals surface area contributed by atoms with E-state index in [9.17, 15) is 4.79 Å². The molecule has 1 aliphatic heterocycles. The van der Waals surface area contributed by atoms with E-state index in [2.05, 4.69) is 12.2 Å². The van der Waals surface area contributed by atoms with Crippen LogP contribution >= 0.6 is 0 Å². The average molecular weight is 185 g/mol. The number of urea groups is 1. The van der Waals surface area contributed by atoms with Crippen LogP contribution in [0.3, 0.4) is 0 Å². The molecule has 3 N–H and O–H groups in total. The number of nitrogens with zero attached hydrogens (tertiary/aromatic N) is 1. The normalized spacial score (nSPS) is 23.1. The first kappa shape index (κ1) is 10.3. The van der Waals surface area contributed by atoms with Gasteiger partial charge in [-0.25, -0.2) is 4.79 Å². The number of carbonyl (C=O) groups excluding carboxylic acids is 1. The highest BCUT2D eigenvalue weighted by molar-refractivity contribution is 5.74. The van der Waals surface area contributed by atoms with Crippen molar-refractivity contribution in [2.24, 2.45) is 11.7 Å². The molecule has 76 valence electrons. The summed E-state index contributed by atoms with van der Waals surface area (Å²) in [6.45, 7) is 5.31. The molecule has 1 fully saturated rings. The number of hydrogen-bond acceptors (Lipinski definition) is 2. The van der Waals surface area contributed by atoms with Gasteiger partial charge in [-0.1, -0.05) is 6.92 Å². The van der Waals surface area contributed by atoms with Crippen molar-refractivity contribution < 1.29 is 4.79 Å². The lowest BCUT2D eigenvalue weighted by atomic mass is 10.0. The van der Waals surface area contributed by atoms with Gasteiger partial charge in [0.05, 0.1) is 0 Å². The van der Waals surface area contributed by atoms with Crippen LogP contribution in [0.2, 0.25) is 0 Å². The van der Waals surface area contributed by atoms with Crippen LogP contribution in [0.4, 0.5) is 4.79 Å². The Morgan fingerprint density at radius 2 is 2.46 bits per heavy atom. The van der Waals surface area contributed by atoms with E-state index < -0.39 is 0 Å². The van der Waals surface area contributed by atoms with Gasteiger partial charge in [0.1, 0.15) is 0 Å². The molecule has 1 atom stereocenters. The molecule has 0 spiro atoms. The standard InChI is InChI=1S/C9H19N3O/c1-2-5-12-7-8(3-4-10)6-11-9(12)13/h8H,2-7,10H2,1H3,(H,11,13). The number of amides is 2. The molecule has 1 heterocycles. The Morgan fingerprint density at radius 1 is 1.69 bits per heavy atom. The number of carbonyl (C=O) groups is 1. The zero-order valence-corrected chi connectivity index (χ0v) is 8.25. The molecular formula is C9H19N3O. The van der Waals surface area contributed by atoms with Crippen LogP contribution < -0.4 is 11.1 Å². The lowest BCUT2D eigenvalue weighted by molar-refractivity contribution is 0.165. The maximum absolute atomic E-state index is 11.3. The molecule has 2 amide bonds. The first-order valence-electron chi connectivity index (χ1n) is 5.00. The van der Waals surface area contributed by atoms with Crippen LogP contribution in [0, 0.1) is 5.92 Å². The summed E-state index contributed by atoms with van der Waals surface area (Å²) >= 11 is 0. The lowest BCUT2D eigenvalue weighted by Crippen LogP contribution is -2.51. The van der Waals surface area contributed by atoms with E-state index >= 15 is 0 Å². The van der Waals surface area contributed by atoms with Crippen molar-refractivity contribution in [3.63, 3.8) is 0 Å². The Bertz CT molecular complexity index is 172. The smallest absolute Gasteiger partial charge is 0.317 e. The van der Waals surface area contributed by atoms with E-state index in [1.807, 2.05) is 4.90 Å². The maximum Gasteiger partial charge on any atom is 0.317 e. The lowest BCUT2D eigenvalue weighted by Gasteiger charge is -2.32. The molecule has 0 aliphatic carbocycles. The Morgan fingerprint density at radius 3 is 3.08 bits per heavy atom. The van der Waals surface area contributed by atoms with Crippen molar-refractivity contribution in [2.45, 2.75) is 19.8 Å². The molecule has 0 aromatic carbocycles. The quantitative estimate of drug-likeness (QED) is 0.665. The zero-order chi connectivity index (χ0) is 9.68. The van der Waals surface area contributed by atoms with Crippen LogP contribution in [0.15, 0.2) is 0 Å². The highest BCUT2D eigenvalue weighted by Crippen LogP contribution is 2.09. The summed E-state index contributed by atoms with van der Waals surface area (Å²) in [6, 6.07) is 0.0788. The summed E-state index contributed by atoms with van der Waals surface area (Å²) in [7, 11) is 0. The van der Waals surface area contributed by atoms with Gasteiger partial charge in [0.25, 0.3) is 0 Å². The molecule has 1 unspecified atom stereocenters. The molecular weight excluding hydrogens is 166 g/mol. The van der Waals surface area contributed by atoms with E-state index in [0.717, 1.165) is 32.5 Å². The van der Waals surface area contributed by atoms with Gasteiger partial charge in [-0.3, -0.25) is 0 Å². The Kier molecular flexibility index (Phi) is 4.02. The largest absolute Gasteiger partial charge is 0.338 e.